The number of aliphatic imine (C=N–C) groups is 1. The molecule has 9 heteroatoms. The van der Waals surface area contributed by atoms with E-state index in [1.54, 1.807) is 49.4 Å². The van der Waals surface area contributed by atoms with E-state index in [1.165, 1.54) is 7.05 Å². The lowest BCUT2D eigenvalue weighted by Gasteiger charge is -2.27. The van der Waals surface area contributed by atoms with Gasteiger partial charge < -0.3 is 16.4 Å². The van der Waals surface area contributed by atoms with E-state index in [0.717, 1.165) is 5.56 Å². The van der Waals surface area contributed by atoms with Gasteiger partial charge in [0.05, 0.1) is 17.3 Å². The minimum atomic E-state index is -1.54. The summed E-state index contributed by atoms with van der Waals surface area (Å²) in [4.78, 5) is 41.2. The summed E-state index contributed by atoms with van der Waals surface area (Å²) in [6, 6.07) is 11.7. The molecule has 3 amide bonds. The van der Waals surface area contributed by atoms with Crippen LogP contribution < -0.4 is 21.7 Å². The first-order valence-corrected chi connectivity index (χ1v) is 9.18. The van der Waals surface area contributed by atoms with Crippen molar-refractivity contribution in [2.75, 3.05) is 19.0 Å². The number of carbonyl (C=O) groups is 3. The molecule has 1 atom stereocenters. The van der Waals surface area contributed by atoms with E-state index in [-0.39, 0.29) is 18.3 Å². The van der Waals surface area contributed by atoms with Crippen LogP contribution in [0.2, 0.25) is 5.02 Å². The predicted molar refractivity (Wildman–Crippen MR) is 111 cm³/mol. The van der Waals surface area contributed by atoms with E-state index in [0.29, 0.717) is 21.8 Å². The molecule has 0 aliphatic carbocycles. The van der Waals surface area contributed by atoms with Crippen LogP contribution in [0.25, 0.3) is 0 Å². The molecule has 1 unspecified atom stereocenters. The second kappa shape index (κ2) is 8.02. The summed E-state index contributed by atoms with van der Waals surface area (Å²) < 4.78 is 0. The Bertz CT molecular complexity index is 999. The fourth-order valence-electron chi connectivity index (χ4n) is 3.30. The molecule has 0 fully saturated rings. The molecule has 29 heavy (non-hydrogen) atoms. The van der Waals surface area contributed by atoms with Gasteiger partial charge in [0.1, 0.15) is 5.71 Å². The van der Waals surface area contributed by atoms with Crippen molar-refractivity contribution in [3.05, 3.63) is 64.2 Å². The Balaban J connectivity index is 1.90. The predicted octanol–water partition coefficient (Wildman–Crippen LogP) is 1.33. The minimum absolute atomic E-state index is 0.00372. The maximum atomic E-state index is 12.6. The Labute approximate surface area is 172 Å². The van der Waals surface area contributed by atoms with Crippen molar-refractivity contribution < 1.29 is 14.4 Å². The molecule has 2 aromatic rings. The summed E-state index contributed by atoms with van der Waals surface area (Å²) in [5.41, 5.74) is 6.16. The lowest BCUT2D eigenvalue weighted by molar-refractivity contribution is -0.123. The van der Waals surface area contributed by atoms with Crippen molar-refractivity contribution in [2.45, 2.75) is 12.5 Å². The highest BCUT2D eigenvalue weighted by molar-refractivity contribution is 6.47. The average Bonchev–Trinajstić information content (AvgIpc) is 3.14. The van der Waals surface area contributed by atoms with E-state index in [2.05, 4.69) is 20.9 Å². The lowest BCUT2D eigenvalue weighted by Crippen LogP contribution is -2.58. The zero-order valence-corrected chi connectivity index (χ0v) is 16.6. The van der Waals surface area contributed by atoms with E-state index < -0.39 is 17.4 Å². The second-order valence-electron chi connectivity index (χ2n) is 6.50. The van der Waals surface area contributed by atoms with Crippen molar-refractivity contribution in [2.24, 2.45) is 10.7 Å². The number of nitrogens with two attached hydrogens (primary N) is 1. The SMILES string of the molecule is CNC(=O)C1=NCNC1(C(N)=O)c1ccc(NC(=O)c2c(C)cccc2Cl)cc1. The molecule has 0 saturated heterocycles. The Hall–Kier alpha value is -3.23. The van der Waals surface area contributed by atoms with Crippen LogP contribution in [0.15, 0.2) is 47.5 Å². The first kappa shape index (κ1) is 20.5. The Morgan fingerprint density at radius 1 is 1.14 bits per heavy atom. The first-order chi connectivity index (χ1) is 13.8. The summed E-state index contributed by atoms with van der Waals surface area (Å²) in [5.74, 6) is -1.60. The topological polar surface area (TPSA) is 126 Å². The number of benzene rings is 2. The van der Waals surface area contributed by atoms with Gasteiger partial charge in [0, 0.05) is 12.7 Å². The summed E-state index contributed by atoms with van der Waals surface area (Å²) in [5, 5.41) is 8.50. The summed E-state index contributed by atoms with van der Waals surface area (Å²) in [6.07, 6.45) is 0. The Kier molecular flexibility index (Phi) is 5.67. The van der Waals surface area contributed by atoms with E-state index in [1.807, 2.05) is 0 Å². The molecule has 5 N–H and O–H groups in total. The van der Waals surface area contributed by atoms with Gasteiger partial charge in [-0.2, -0.15) is 0 Å². The molecule has 3 rings (SSSR count). The highest BCUT2D eigenvalue weighted by Gasteiger charge is 2.49. The summed E-state index contributed by atoms with van der Waals surface area (Å²) in [6.45, 7) is 1.88. The molecule has 1 aliphatic heterocycles. The molecule has 150 valence electrons. The summed E-state index contributed by atoms with van der Waals surface area (Å²) >= 11 is 6.14. The third kappa shape index (κ3) is 3.59. The van der Waals surface area contributed by atoms with E-state index in [9.17, 15) is 14.4 Å². The number of halogens is 1. The maximum Gasteiger partial charge on any atom is 0.267 e. The standard InChI is InChI=1S/C20H20ClN5O3/c1-11-4-3-5-14(21)15(11)17(27)26-13-8-6-12(7-9-13)20(19(22)29)16(18(28)23-2)24-10-25-20/h3-9,25H,10H2,1-2H3,(H2,22,29)(H,23,28)(H,26,27). The number of amides is 3. The van der Waals surface area contributed by atoms with Crippen LogP contribution in [-0.2, 0) is 15.1 Å². The fourth-order valence-corrected chi connectivity index (χ4v) is 3.61. The molecular weight excluding hydrogens is 394 g/mol. The maximum absolute atomic E-state index is 12.6. The smallest absolute Gasteiger partial charge is 0.267 e. The van der Waals surface area contributed by atoms with Crippen LogP contribution in [0.5, 0.6) is 0 Å². The number of nitrogens with one attached hydrogen (secondary N) is 3. The van der Waals surface area contributed by atoms with Gasteiger partial charge in [0.25, 0.3) is 11.8 Å². The van der Waals surface area contributed by atoms with Gasteiger partial charge in [-0.1, -0.05) is 35.9 Å². The minimum Gasteiger partial charge on any atom is -0.367 e. The molecule has 0 radical (unpaired) electrons. The zero-order valence-electron chi connectivity index (χ0n) is 15.9. The highest BCUT2D eigenvalue weighted by Crippen LogP contribution is 2.28. The highest BCUT2D eigenvalue weighted by atomic mass is 35.5. The molecule has 1 heterocycles. The number of nitrogens with zero attached hydrogens (tertiary/aromatic N) is 1. The molecule has 0 bridgehead atoms. The molecular formula is C20H20ClN5O3. The monoisotopic (exact) mass is 413 g/mol. The van der Waals surface area contributed by atoms with Gasteiger partial charge >= 0.3 is 0 Å². The molecule has 0 aromatic heterocycles. The number of hydrogen-bond donors (Lipinski definition) is 4. The van der Waals surface area contributed by atoms with E-state index in [4.69, 9.17) is 17.3 Å². The van der Waals surface area contributed by atoms with Gasteiger partial charge in [-0.3, -0.25) is 24.7 Å². The van der Waals surface area contributed by atoms with Crippen LogP contribution >= 0.6 is 11.6 Å². The van der Waals surface area contributed by atoms with Crippen molar-refractivity contribution in [3.63, 3.8) is 0 Å². The Morgan fingerprint density at radius 2 is 1.83 bits per heavy atom. The number of carbonyl (C=O) groups excluding carboxylic acids is 3. The summed E-state index contributed by atoms with van der Waals surface area (Å²) in [7, 11) is 1.45. The fraction of sp³-hybridized carbons (Fsp3) is 0.200. The van der Waals surface area contributed by atoms with Crippen LogP contribution in [0, 0.1) is 6.92 Å². The largest absolute Gasteiger partial charge is 0.367 e. The molecule has 0 spiro atoms. The van der Waals surface area contributed by atoms with Crippen LogP contribution in [0.1, 0.15) is 21.5 Å². The quantitative estimate of drug-likeness (QED) is 0.589. The van der Waals surface area contributed by atoms with Crippen molar-refractivity contribution in [1.29, 1.82) is 0 Å². The molecule has 1 aliphatic rings. The molecule has 8 nitrogen and oxygen atoms in total. The van der Waals surface area contributed by atoms with Gasteiger partial charge in [-0.05, 0) is 36.2 Å². The normalized spacial score (nSPS) is 18.1. The van der Waals surface area contributed by atoms with Crippen molar-refractivity contribution in [1.82, 2.24) is 10.6 Å². The second-order valence-corrected chi connectivity index (χ2v) is 6.91. The zero-order chi connectivity index (χ0) is 21.2. The van der Waals surface area contributed by atoms with Gasteiger partial charge in [-0.25, -0.2) is 0 Å². The van der Waals surface area contributed by atoms with Gasteiger partial charge in [0.15, 0.2) is 5.54 Å². The first-order valence-electron chi connectivity index (χ1n) is 8.80. The van der Waals surface area contributed by atoms with Gasteiger partial charge in [-0.15, -0.1) is 0 Å². The number of aryl methyl sites for hydroxylation is 1. The van der Waals surface area contributed by atoms with Gasteiger partial charge in [0.2, 0.25) is 5.91 Å². The van der Waals surface area contributed by atoms with E-state index >= 15 is 0 Å². The number of anilines is 1. The lowest BCUT2D eigenvalue weighted by atomic mass is 9.84. The van der Waals surface area contributed by atoms with Crippen LogP contribution in [0.4, 0.5) is 5.69 Å². The molecule has 2 aromatic carbocycles. The molecule has 0 saturated carbocycles. The number of hydrogen-bond acceptors (Lipinski definition) is 5. The van der Waals surface area contributed by atoms with Crippen molar-refractivity contribution >= 4 is 40.7 Å². The third-order valence-corrected chi connectivity index (χ3v) is 5.09. The number of rotatable bonds is 5. The van der Waals surface area contributed by atoms with Crippen LogP contribution in [-0.4, -0.2) is 37.1 Å². The Morgan fingerprint density at radius 3 is 2.41 bits per heavy atom. The van der Waals surface area contributed by atoms with Crippen LogP contribution in [0.3, 0.4) is 0 Å². The average molecular weight is 414 g/mol. The van der Waals surface area contributed by atoms with Crippen molar-refractivity contribution in [3.8, 4) is 0 Å². The third-order valence-electron chi connectivity index (χ3n) is 4.77. The number of primary amides is 1.